The third-order valence-electron chi connectivity index (χ3n) is 2.64. The number of hydrogen-bond acceptors (Lipinski definition) is 2. The first-order chi connectivity index (χ1) is 6.34. The van der Waals surface area contributed by atoms with Crippen molar-refractivity contribution in [3.8, 4) is 0 Å². The van der Waals surface area contributed by atoms with Gasteiger partial charge in [0.1, 0.15) is 0 Å². The van der Waals surface area contributed by atoms with Crippen molar-refractivity contribution in [1.29, 1.82) is 0 Å². The van der Waals surface area contributed by atoms with Gasteiger partial charge in [-0.1, -0.05) is 0 Å². The molecule has 0 aliphatic heterocycles. The van der Waals surface area contributed by atoms with Crippen molar-refractivity contribution in [1.82, 2.24) is 4.98 Å². The predicted molar refractivity (Wildman–Crippen MR) is 56.3 cm³/mol. The zero-order valence-corrected chi connectivity index (χ0v) is 8.40. The van der Waals surface area contributed by atoms with Gasteiger partial charge < -0.3 is 0 Å². The molecule has 2 aromatic heterocycles. The topological polar surface area (TPSA) is 12.9 Å². The number of rotatable bonds is 1. The second kappa shape index (κ2) is 2.55. The van der Waals surface area contributed by atoms with Crippen LogP contribution in [0.1, 0.15) is 29.2 Å². The summed E-state index contributed by atoms with van der Waals surface area (Å²) in [6.45, 7) is 2.14. The van der Waals surface area contributed by atoms with Crippen molar-refractivity contribution in [3.63, 3.8) is 0 Å². The molecule has 0 aromatic carbocycles. The monoisotopic (exact) mass is 189 g/mol. The van der Waals surface area contributed by atoms with Crippen LogP contribution in [0, 0.1) is 6.92 Å². The quantitative estimate of drug-likeness (QED) is 0.669. The molecule has 0 spiro atoms. The first-order valence-corrected chi connectivity index (χ1v) is 5.50. The van der Waals surface area contributed by atoms with E-state index in [2.05, 4.69) is 18.0 Å². The Morgan fingerprint density at radius 2 is 2.23 bits per heavy atom. The Bertz CT molecular complexity index is 454. The summed E-state index contributed by atoms with van der Waals surface area (Å²) >= 11 is 1.92. The van der Waals surface area contributed by atoms with Crippen LogP contribution in [0.5, 0.6) is 0 Å². The molecule has 1 nitrogen and oxygen atoms in total. The van der Waals surface area contributed by atoms with Gasteiger partial charge in [-0.25, -0.2) is 0 Å². The average Bonchev–Trinajstić information content (AvgIpc) is 2.87. The van der Waals surface area contributed by atoms with Gasteiger partial charge in [0, 0.05) is 17.3 Å². The highest BCUT2D eigenvalue weighted by molar-refractivity contribution is 7.19. The molecule has 3 rings (SSSR count). The van der Waals surface area contributed by atoms with E-state index in [0.29, 0.717) is 0 Å². The van der Waals surface area contributed by atoms with Crippen LogP contribution in [-0.4, -0.2) is 4.98 Å². The summed E-state index contributed by atoms with van der Waals surface area (Å²) < 4.78 is 1.35. The van der Waals surface area contributed by atoms with Crippen LogP contribution in [0.2, 0.25) is 0 Å². The summed E-state index contributed by atoms with van der Waals surface area (Å²) in [5, 5.41) is 1.40. The largest absolute Gasteiger partial charge is 0.263 e. The molecule has 1 fully saturated rings. The Hall–Kier alpha value is -0.890. The Morgan fingerprint density at radius 3 is 2.92 bits per heavy atom. The Balaban J connectivity index is 2.26. The fourth-order valence-electron chi connectivity index (χ4n) is 1.68. The van der Waals surface area contributed by atoms with Gasteiger partial charge in [0.25, 0.3) is 0 Å². The maximum atomic E-state index is 4.22. The molecule has 2 heterocycles. The molecule has 1 aliphatic rings. The van der Waals surface area contributed by atoms with Crippen molar-refractivity contribution < 1.29 is 0 Å². The highest BCUT2D eigenvalue weighted by atomic mass is 32.1. The van der Waals surface area contributed by atoms with Crippen molar-refractivity contribution in [2.75, 3.05) is 0 Å². The van der Waals surface area contributed by atoms with Crippen LogP contribution < -0.4 is 0 Å². The molecule has 1 saturated carbocycles. The van der Waals surface area contributed by atoms with E-state index in [-0.39, 0.29) is 0 Å². The minimum absolute atomic E-state index is 0.872. The summed E-state index contributed by atoms with van der Waals surface area (Å²) in [6, 6.07) is 2.36. The van der Waals surface area contributed by atoms with Crippen LogP contribution >= 0.6 is 11.3 Å². The van der Waals surface area contributed by atoms with Gasteiger partial charge in [-0.2, -0.15) is 0 Å². The first-order valence-electron chi connectivity index (χ1n) is 4.68. The van der Waals surface area contributed by atoms with E-state index in [9.17, 15) is 0 Å². The van der Waals surface area contributed by atoms with Gasteiger partial charge in [0.2, 0.25) is 0 Å². The maximum Gasteiger partial charge on any atom is 0.0531 e. The number of hydrogen-bond donors (Lipinski definition) is 0. The smallest absolute Gasteiger partial charge is 0.0531 e. The molecule has 66 valence electrons. The molecular formula is C11H11NS. The lowest BCUT2D eigenvalue weighted by Gasteiger charge is -1.91. The summed E-state index contributed by atoms with van der Waals surface area (Å²) in [6.07, 6.45) is 6.71. The molecule has 0 radical (unpaired) electrons. The zero-order valence-electron chi connectivity index (χ0n) is 7.58. The number of thiophene rings is 1. The number of pyridine rings is 1. The van der Waals surface area contributed by atoms with Crippen LogP contribution in [0.25, 0.3) is 10.1 Å². The van der Waals surface area contributed by atoms with Crippen LogP contribution in [0.15, 0.2) is 18.5 Å². The van der Waals surface area contributed by atoms with Gasteiger partial charge in [0.15, 0.2) is 0 Å². The lowest BCUT2D eigenvalue weighted by atomic mass is 10.2. The molecule has 0 saturated heterocycles. The molecule has 0 amide bonds. The number of aromatic nitrogens is 1. The zero-order chi connectivity index (χ0) is 8.84. The Kier molecular flexibility index (Phi) is 1.47. The van der Waals surface area contributed by atoms with E-state index in [1.54, 1.807) is 4.88 Å². The number of fused-ring (bicyclic) bond motifs is 1. The molecule has 13 heavy (non-hydrogen) atoms. The maximum absolute atomic E-state index is 4.22. The third-order valence-corrected chi connectivity index (χ3v) is 3.88. The minimum atomic E-state index is 0.872. The van der Waals surface area contributed by atoms with Gasteiger partial charge >= 0.3 is 0 Å². The molecule has 2 aromatic rings. The molecule has 0 bridgehead atoms. The highest BCUT2D eigenvalue weighted by Crippen LogP contribution is 2.45. The van der Waals surface area contributed by atoms with Gasteiger partial charge in [-0.05, 0) is 42.7 Å². The summed E-state index contributed by atoms with van der Waals surface area (Å²) in [7, 11) is 0. The van der Waals surface area contributed by atoms with Gasteiger partial charge in [-0.15, -0.1) is 11.3 Å². The van der Waals surface area contributed by atoms with Crippen LogP contribution in [-0.2, 0) is 0 Å². The van der Waals surface area contributed by atoms with E-state index >= 15 is 0 Å². The Labute approximate surface area is 81.4 Å². The molecule has 1 aliphatic carbocycles. The molecule has 2 heteroatoms. The average molecular weight is 189 g/mol. The van der Waals surface area contributed by atoms with Gasteiger partial charge in [0.05, 0.1) is 4.70 Å². The molecule has 0 atom stereocenters. The minimum Gasteiger partial charge on any atom is -0.263 e. The van der Waals surface area contributed by atoms with E-state index < -0.39 is 0 Å². The van der Waals surface area contributed by atoms with Crippen molar-refractivity contribution >= 4 is 21.4 Å². The highest BCUT2D eigenvalue weighted by Gasteiger charge is 2.25. The van der Waals surface area contributed by atoms with Gasteiger partial charge in [-0.3, -0.25) is 4.98 Å². The Morgan fingerprint density at radius 1 is 1.38 bits per heavy atom. The SMILES string of the molecule is Cc1cncc2sc(C3CC3)cc12. The van der Waals surface area contributed by atoms with E-state index in [0.717, 1.165) is 5.92 Å². The molecule has 0 N–H and O–H groups in total. The molecule has 0 unspecified atom stereocenters. The van der Waals surface area contributed by atoms with E-state index in [4.69, 9.17) is 0 Å². The summed E-state index contributed by atoms with van der Waals surface area (Å²) in [5.74, 6) is 0.872. The molecular weight excluding hydrogens is 178 g/mol. The fourth-order valence-corrected chi connectivity index (χ4v) is 2.96. The summed E-state index contributed by atoms with van der Waals surface area (Å²) in [4.78, 5) is 5.78. The van der Waals surface area contributed by atoms with Crippen molar-refractivity contribution in [2.24, 2.45) is 0 Å². The first kappa shape index (κ1) is 7.51. The predicted octanol–water partition coefficient (Wildman–Crippen LogP) is 3.48. The standard InChI is InChI=1S/C11H11NS/c1-7-5-12-6-11-9(7)4-10(13-11)8-2-3-8/h4-6,8H,2-3H2,1H3. The van der Waals surface area contributed by atoms with Crippen molar-refractivity contribution in [2.45, 2.75) is 25.7 Å². The van der Waals surface area contributed by atoms with Crippen LogP contribution in [0.4, 0.5) is 0 Å². The van der Waals surface area contributed by atoms with Crippen LogP contribution in [0.3, 0.4) is 0 Å². The van der Waals surface area contributed by atoms with E-state index in [1.807, 2.05) is 23.7 Å². The van der Waals surface area contributed by atoms with Crippen molar-refractivity contribution in [3.05, 3.63) is 28.9 Å². The van der Waals surface area contributed by atoms with E-state index in [1.165, 1.54) is 28.5 Å². The lowest BCUT2D eigenvalue weighted by molar-refractivity contribution is 1.18. The second-order valence-electron chi connectivity index (χ2n) is 3.79. The number of nitrogens with zero attached hydrogens (tertiary/aromatic N) is 1. The fraction of sp³-hybridized carbons (Fsp3) is 0.364. The normalized spacial score (nSPS) is 16.7. The summed E-state index contributed by atoms with van der Waals surface area (Å²) in [5.41, 5.74) is 1.31. The second-order valence-corrected chi connectivity index (χ2v) is 4.91. The number of aryl methyl sites for hydroxylation is 1. The lowest BCUT2D eigenvalue weighted by Crippen LogP contribution is -1.74. The third kappa shape index (κ3) is 1.17.